The van der Waals surface area contributed by atoms with Crippen LogP contribution in [-0.2, 0) is 9.53 Å². The number of aliphatic hydroxyl groups is 1. The first kappa shape index (κ1) is 13.8. The van der Waals surface area contributed by atoms with Gasteiger partial charge in [-0.05, 0) is 18.6 Å². The summed E-state index contributed by atoms with van der Waals surface area (Å²) in [6, 6.07) is 7.29. The summed E-state index contributed by atoms with van der Waals surface area (Å²) in [4.78, 5) is 10.9. The first-order valence-electron chi connectivity index (χ1n) is 5.36. The summed E-state index contributed by atoms with van der Waals surface area (Å²) in [5.74, 6) is -0.318. The summed E-state index contributed by atoms with van der Waals surface area (Å²) < 4.78 is 4.49. The smallest absolute Gasteiger partial charge is 0.305 e. The maximum Gasteiger partial charge on any atom is 0.305 e. The summed E-state index contributed by atoms with van der Waals surface area (Å²) in [6.07, 6.45) is -0.0307. The number of rotatable bonds is 6. The van der Waals surface area contributed by atoms with E-state index in [4.69, 9.17) is 11.6 Å². The summed E-state index contributed by atoms with van der Waals surface area (Å²) in [5.41, 5.74) is 0.770. The van der Waals surface area contributed by atoms with Gasteiger partial charge in [0.1, 0.15) is 0 Å². The summed E-state index contributed by atoms with van der Waals surface area (Å²) in [5, 5.41) is 13.3. The van der Waals surface area contributed by atoms with Gasteiger partial charge in [-0.25, -0.2) is 0 Å². The van der Waals surface area contributed by atoms with Crippen molar-refractivity contribution in [3.05, 3.63) is 29.3 Å². The molecule has 0 spiro atoms. The Morgan fingerprint density at radius 2 is 2.24 bits per heavy atom. The second-order valence-corrected chi connectivity index (χ2v) is 4.04. The molecule has 0 aliphatic rings. The van der Waals surface area contributed by atoms with Gasteiger partial charge in [0.2, 0.25) is 0 Å². The van der Waals surface area contributed by atoms with Crippen LogP contribution >= 0.6 is 11.6 Å². The second kappa shape index (κ2) is 7.14. The van der Waals surface area contributed by atoms with Crippen LogP contribution < -0.4 is 5.32 Å². The highest BCUT2D eigenvalue weighted by atomic mass is 35.5. The monoisotopic (exact) mass is 257 g/mol. The Kier molecular flexibility index (Phi) is 5.80. The number of hydrogen-bond donors (Lipinski definition) is 2. The molecule has 0 aliphatic carbocycles. The lowest BCUT2D eigenvalue weighted by molar-refractivity contribution is -0.141. The van der Waals surface area contributed by atoms with E-state index in [9.17, 15) is 9.90 Å². The number of benzene rings is 1. The number of para-hydroxylation sites is 1. The first-order valence-corrected chi connectivity index (χ1v) is 5.74. The van der Waals surface area contributed by atoms with Crippen molar-refractivity contribution < 1.29 is 14.6 Å². The number of halogens is 1. The van der Waals surface area contributed by atoms with Crippen molar-refractivity contribution in [2.75, 3.05) is 19.0 Å². The van der Waals surface area contributed by atoms with Crippen LogP contribution in [0.25, 0.3) is 0 Å². The van der Waals surface area contributed by atoms with Gasteiger partial charge in [-0.15, -0.1) is 0 Å². The molecule has 1 aromatic carbocycles. The second-order valence-electron chi connectivity index (χ2n) is 3.63. The first-order chi connectivity index (χ1) is 8.13. The van der Waals surface area contributed by atoms with E-state index in [0.29, 0.717) is 18.0 Å². The average Bonchev–Trinajstić information content (AvgIpc) is 2.35. The normalized spacial score (nSPS) is 11.9. The molecule has 0 radical (unpaired) electrons. The molecule has 1 unspecified atom stereocenters. The van der Waals surface area contributed by atoms with Crippen LogP contribution in [0.3, 0.4) is 0 Å². The van der Waals surface area contributed by atoms with E-state index in [0.717, 1.165) is 5.69 Å². The minimum atomic E-state index is -0.606. The number of hydrogen-bond acceptors (Lipinski definition) is 4. The number of methoxy groups -OCH3 is 1. The van der Waals surface area contributed by atoms with Crippen molar-refractivity contribution in [3.63, 3.8) is 0 Å². The van der Waals surface area contributed by atoms with Crippen molar-refractivity contribution in [2.24, 2.45) is 0 Å². The van der Waals surface area contributed by atoms with Crippen LogP contribution in [0.1, 0.15) is 12.8 Å². The van der Waals surface area contributed by atoms with E-state index in [2.05, 4.69) is 10.1 Å². The van der Waals surface area contributed by atoms with E-state index in [-0.39, 0.29) is 12.4 Å². The fraction of sp³-hybridized carbons (Fsp3) is 0.417. The van der Waals surface area contributed by atoms with Gasteiger partial charge in [-0.2, -0.15) is 0 Å². The summed E-state index contributed by atoms with van der Waals surface area (Å²) in [6.45, 7) is 0.348. The van der Waals surface area contributed by atoms with Gasteiger partial charge >= 0.3 is 5.97 Å². The molecular formula is C12H16ClNO3. The highest BCUT2D eigenvalue weighted by Crippen LogP contribution is 2.20. The Bertz CT molecular complexity index is 371. The number of carbonyl (C=O) groups excluding carboxylic acids is 1. The van der Waals surface area contributed by atoms with Gasteiger partial charge < -0.3 is 15.2 Å². The predicted octanol–water partition coefficient (Wildman–Crippen LogP) is 2.07. The van der Waals surface area contributed by atoms with Gasteiger partial charge in [0.25, 0.3) is 0 Å². The minimum absolute atomic E-state index is 0.210. The topological polar surface area (TPSA) is 58.6 Å². The molecular weight excluding hydrogens is 242 g/mol. The zero-order valence-electron chi connectivity index (χ0n) is 9.65. The molecule has 1 aromatic rings. The molecule has 0 saturated carbocycles. The van der Waals surface area contributed by atoms with Gasteiger partial charge in [0, 0.05) is 13.0 Å². The predicted molar refractivity (Wildman–Crippen MR) is 67.2 cm³/mol. The van der Waals surface area contributed by atoms with E-state index < -0.39 is 6.10 Å². The summed E-state index contributed by atoms with van der Waals surface area (Å²) in [7, 11) is 1.33. The maximum atomic E-state index is 10.9. The number of nitrogens with one attached hydrogen (secondary N) is 1. The Hall–Kier alpha value is -1.26. The van der Waals surface area contributed by atoms with E-state index in [1.165, 1.54) is 7.11 Å². The highest BCUT2D eigenvalue weighted by molar-refractivity contribution is 6.33. The third-order valence-electron chi connectivity index (χ3n) is 2.31. The third kappa shape index (κ3) is 5.06. The molecule has 2 N–H and O–H groups in total. The van der Waals surface area contributed by atoms with Crippen molar-refractivity contribution in [1.29, 1.82) is 0 Å². The van der Waals surface area contributed by atoms with Crippen molar-refractivity contribution >= 4 is 23.3 Å². The third-order valence-corrected chi connectivity index (χ3v) is 2.64. The van der Waals surface area contributed by atoms with E-state index in [1.807, 2.05) is 18.2 Å². The van der Waals surface area contributed by atoms with E-state index >= 15 is 0 Å². The van der Waals surface area contributed by atoms with Crippen LogP contribution in [0, 0.1) is 0 Å². The van der Waals surface area contributed by atoms with Crippen LogP contribution in [0.5, 0.6) is 0 Å². The molecule has 1 atom stereocenters. The molecule has 0 saturated heterocycles. The molecule has 0 aromatic heterocycles. The molecule has 0 amide bonds. The lowest BCUT2D eigenvalue weighted by atomic mass is 10.2. The quantitative estimate of drug-likeness (QED) is 0.766. The molecule has 94 valence electrons. The number of esters is 1. The molecule has 0 fully saturated rings. The lowest BCUT2D eigenvalue weighted by Gasteiger charge is -2.13. The SMILES string of the molecule is COC(=O)CCC(O)CNc1ccccc1Cl. The van der Waals surface area contributed by atoms with Gasteiger partial charge in [-0.3, -0.25) is 4.79 Å². The molecule has 4 nitrogen and oxygen atoms in total. The Morgan fingerprint density at radius 3 is 2.88 bits per heavy atom. The maximum absolute atomic E-state index is 10.9. The minimum Gasteiger partial charge on any atom is -0.469 e. The zero-order valence-corrected chi connectivity index (χ0v) is 10.4. The van der Waals surface area contributed by atoms with Crippen LogP contribution in [0.15, 0.2) is 24.3 Å². The largest absolute Gasteiger partial charge is 0.469 e. The van der Waals surface area contributed by atoms with Crippen LogP contribution in [-0.4, -0.2) is 30.8 Å². The molecule has 0 aliphatic heterocycles. The standard InChI is InChI=1S/C12H16ClNO3/c1-17-12(16)7-6-9(15)8-14-11-5-3-2-4-10(11)13/h2-5,9,14-15H,6-8H2,1H3. The van der Waals surface area contributed by atoms with Gasteiger partial charge in [0.15, 0.2) is 0 Å². The lowest BCUT2D eigenvalue weighted by Crippen LogP contribution is -2.20. The van der Waals surface area contributed by atoms with Crippen molar-refractivity contribution in [3.8, 4) is 0 Å². The Labute approximate surface area is 106 Å². The zero-order chi connectivity index (χ0) is 12.7. The summed E-state index contributed by atoms with van der Waals surface area (Å²) >= 11 is 5.94. The average molecular weight is 258 g/mol. The van der Waals surface area contributed by atoms with Crippen LogP contribution in [0.4, 0.5) is 5.69 Å². The number of ether oxygens (including phenoxy) is 1. The Balaban J connectivity index is 2.31. The van der Waals surface area contributed by atoms with Gasteiger partial charge in [-0.1, -0.05) is 23.7 Å². The van der Waals surface area contributed by atoms with Crippen LogP contribution in [0.2, 0.25) is 5.02 Å². The van der Waals surface area contributed by atoms with Gasteiger partial charge in [0.05, 0.1) is 23.9 Å². The number of aliphatic hydroxyl groups excluding tert-OH is 1. The number of anilines is 1. The molecule has 5 heteroatoms. The molecule has 1 rings (SSSR count). The molecule has 17 heavy (non-hydrogen) atoms. The van der Waals surface area contributed by atoms with Crippen molar-refractivity contribution in [2.45, 2.75) is 18.9 Å². The van der Waals surface area contributed by atoms with E-state index in [1.54, 1.807) is 6.07 Å². The fourth-order valence-electron chi connectivity index (χ4n) is 1.32. The molecule has 0 bridgehead atoms. The number of carbonyl (C=O) groups is 1. The fourth-order valence-corrected chi connectivity index (χ4v) is 1.52. The van der Waals surface area contributed by atoms with Crippen molar-refractivity contribution in [1.82, 2.24) is 0 Å². The highest BCUT2D eigenvalue weighted by Gasteiger charge is 2.08. The molecule has 0 heterocycles. The Morgan fingerprint density at radius 1 is 1.53 bits per heavy atom.